The first-order chi connectivity index (χ1) is 8.98. The van der Waals surface area contributed by atoms with Crippen molar-refractivity contribution in [1.29, 1.82) is 0 Å². The zero-order valence-corrected chi connectivity index (χ0v) is 12.6. The predicted octanol–water partition coefficient (Wildman–Crippen LogP) is 3.02. The molecule has 0 fully saturated rings. The van der Waals surface area contributed by atoms with E-state index in [1.807, 2.05) is 6.07 Å². The Morgan fingerprint density at radius 1 is 1.21 bits per heavy atom. The highest BCUT2D eigenvalue weighted by Crippen LogP contribution is 2.20. The van der Waals surface area contributed by atoms with E-state index in [0.29, 0.717) is 10.6 Å². The van der Waals surface area contributed by atoms with E-state index in [1.165, 1.54) is 0 Å². The van der Waals surface area contributed by atoms with Crippen molar-refractivity contribution in [3.05, 3.63) is 35.4 Å². The summed E-state index contributed by atoms with van der Waals surface area (Å²) in [5, 5.41) is 3.14. The Morgan fingerprint density at radius 2 is 1.74 bits per heavy atom. The second-order valence-electron chi connectivity index (χ2n) is 4.74. The SMILES string of the molecule is CCC(CC)(CC)NC(=O)c1cccc(C(N)=S)c1. The molecule has 0 bridgehead atoms. The number of carbonyl (C=O) groups is 1. The summed E-state index contributed by atoms with van der Waals surface area (Å²) in [4.78, 5) is 12.6. The van der Waals surface area contributed by atoms with Crippen molar-refractivity contribution in [2.24, 2.45) is 5.73 Å². The van der Waals surface area contributed by atoms with E-state index in [2.05, 4.69) is 26.1 Å². The lowest BCUT2D eigenvalue weighted by atomic mass is 9.89. The van der Waals surface area contributed by atoms with Gasteiger partial charge in [0.1, 0.15) is 4.99 Å². The molecule has 0 heterocycles. The first-order valence-electron chi connectivity index (χ1n) is 6.70. The summed E-state index contributed by atoms with van der Waals surface area (Å²) >= 11 is 4.93. The van der Waals surface area contributed by atoms with Gasteiger partial charge in [-0.1, -0.05) is 45.1 Å². The molecule has 0 aliphatic rings. The second-order valence-corrected chi connectivity index (χ2v) is 5.18. The number of carbonyl (C=O) groups excluding carboxylic acids is 1. The average Bonchev–Trinajstić information content (AvgIpc) is 2.45. The molecule has 4 heteroatoms. The third-order valence-electron chi connectivity index (χ3n) is 3.82. The zero-order chi connectivity index (χ0) is 14.5. The average molecular weight is 278 g/mol. The van der Waals surface area contributed by atoms with Crippen LogP contribution in [0.4, 0.5) is 0 Å². The van der Waals surface area contributed by atoms with Gasteiger partial charge in [-0.05, 0) is 31.4 Å². The lowest BCUT2D eigenvalue weighted by Crippen LogP contribution is -2.47. The van der Waals surface area contributed by atoms with E-state index < -0.39 is 0 Å². The van der Waals surface area contributed by atoms with Crippen LogP contribution in [-0.4, -0.2) is 16.4 Å². The number of hydrogen-bond acceptors (Lipinski definition) is 2. The highest BCUT2D eigenvalue weighted by molar-refractivity contribution is 7.80. The maximum Gasteiger partial charge on any atom is 0.251 e. The molecule has 0 saturated heterocycles. The van der Waals surface area contributed by atoms with Gasteiger partial charge in [0.15, 0.2) is 0 Å². The molecule has 0 aliphatic carbocycles. The summed E-state index contributed by atoms with van der Waals surface area (Å²) < 4.78 is 0. The van der Waals surface area contributed by atoms with Crippen LogP contribution in [0.5, 0.6) is 0 Å². The number of amides is 1. The Bertz CT molecular complexity index is 459. The number of nitrogens with one attached hydrogen (secondary N) is 1. The third-order valence-corrected chi connectivity index (χ3v) is 4.05. The smallest absolute Gasteiger partial charge is 0.251 e. The third kappa shape index (κ3) is 3.77. The fourth-order valence-corrected chi connectivity index (χ4v) is 2.27. The first kappa shape index (κ1) is 15.6. The molecule has 0 spiro atoms. The van der Waals surface area contributed by atoms with Crippen molar-refractivity contribution in [3.8, 4) is 0 Å². The predicted molar refractivity (Wildman–Crippen MR) is 83.4 cm³/mol. The Balaban J connectivity index is 2.94. The Kier molecular flexibility index (Phi) is 5.48. The molecule has 0 aliphatic heterocycles. The van der Waals surface area contributed by atoms with Crippen LogP contribution in [0, 0.1) is 0 Å². The molecule has 3 nitrogen and oxygen atoms in total. The van der Waals surface area contributed by atoms with E-state index in [0.717, 1.165) is 24.8 Å². The van der Waals surface area contributed by atoms with E-state index in [9.17, 15) is 4.79 Å². The summed E-state index contributed by atoms with van der Waals surface area (Å²) in [5.74, 6) is -0.0661. The molecule has 104 valence electrons. The van der Waals surface area contributed by atoms with Crippen LogP contribution < -0.4 is 11.1 Å². The van der Waals surface area contributed by atoms with Gasteiger partial charge in [-0.25, -0.2) is 0 Å². The first-order valence-corrected chi connectivity index (χ1v) is 7.11. The number of hydrogen-bond donors (Lipinski definition) is 2. The van der Waals surface area contributed by atoms with E-state index in [1.54, 1.807) is 18.2 Å². The van der Waals surface area contributed by atoms with Crippen molar-refractivity contribution in [1.82, 2.24) is 5.32 Å². The maximum atomic E-state index is 12.3. The maximum absolute atomic E-state index is 12.3. The summed E-state index contributed by atoms with van der Waals surface area (Å²) in [7, 11) is 0. The molecule has 3 N–H and O–H groups in total. The van der Waals surface area contributed by atoms with Gasteiger partial charge in [-0.2, -0.15) is 0 Å². The number of nitrogens with two attached hydrogens (primary N) is 1. The fraction of sp³-hybridized carbons (Fsp3) is 0.467. The zero-order valence-electron chi connectivity index (χ0n) is 11.8. The molecule has 1 amide bonds. The second kappa shape index (κ2) is 6.66. The van der Waals surface area contributed by atoms with Crippen molar-refractivity contribution in [2.75, 3.05) is 0 Å². The summed E-state index contributed by atoms with van der Waals surface area (Å²) in [6.07, 6.45) is 2.75. The molecule has 1 aromatic rings. The molecular weight excluding hydrogens is 256 g/mol. The van der Waals surface area contributed by atoms with Gasteiger partial charge >= 0.3 is 0 Å². The van der Waals surface area contributed by atoms with Crippen LogP contribution in [-0.2, 0) is 0 Å². The molecule has 1 rings (SSSR count). The van der Waals surface area contributed by atoms with E-state index in [4.69, 9.17) is 18.0 Å². The van der Waals surface area contributed by atoms with E-state index in [-0.39, 0.29) is 11.4 Å². The number of thiocarbonyl (C=S) groups is 1. The van der Waals surface area contributed by atoms with Gasteiger partial charge in [0, 0.05) is 16.7 Å². The van der Waals surface area contributed by atoms with Crippen molar-refractivity contribution >= 4 is 23.1 Å². The lowest BCUT2D eigenvalue weighted by molar-refractivity contribution is 0.0888. The summed E-state index contributed by atoms with van der Waals surface area (Å²) in [6.45, 7) is 6.29. The van der Waals surface area contributed by atoms with Crippen LogP contribution in [0.2, 0.25) is 0 Å². The quantitative estimate of drug-likeness (QED) is 0.786. The van der Waals surface area contributed by atoms with Crippen LogP contribution in [0.3, 0.4) is 0 Å². The minimum Gasteiger partial charge on any atom is -0.389 e. The van der Waals surface area contributed by atoms with Gasteiger partial charge < -0.3 is 11.1 Å². The number of rotatable bonds is 6. The summed E-state index contributed by atoms with van der Waals surface area (Å²) in [6, 6.07) is 7.13. The van der Waals surface area contributed by atoms with Gasteiger partial charge in [-0.15, -0.1) is 0 Å². The van der Waals surface area contributed by atoms with Crippen molar-refractivity contribution < 1.29 is 4.79 Å². The van der Waals surface area contributed by atoms with Gasteiger partial charge in [0.2, 0.25) is 0 Å². The molecule has 0 atom stereocenters. The van der Waals surface area contributed by atoms with Crippen molar-refractivity contribution in [2.45, 2.75) is 45.6 Å². The minimum atomic E-state index is -0.129. The highest BCUT2D eigenvalue weighted by atomic mass is 32.1. The monoisotopic (exact) mass is 278 g/mol. The molecule has 0 saturated carbocycles. The van der Waals surface area contributed by atoms with Gasteiger partial charge in [0.25, 0.3) is 5.91 Å². The van der Waals surface area contributed by atoms with Crippen LogP contribution in [0.15, 0.2) is 24.3 Å². The normalized spacial score (nSPS) is 11.1. The van der Waals surface area contributed by atoms with Crippen LogP contribution >= 0.6 is 12.2 Å². The Hall–Kier alpha value is -1.42. The molecule has 0 unspecified atom stereocenters. The largest absolute Gasteiger partial charge is 0.389 e. The fourth-order valence-electron chi connectivity index (χ4n) is 2.14. The Labute approximate surface area is 120 Å². The van der Waals surface area contributed by atoms with E-state index >= 15 is 0 Å². The van der Waals surface area contributed by atoms with Crippen LogP contribution in [0.1, 0.15) is 56.0 Å². The highest BCUT2D eigenvalue weighted by Gasteiger charge is 2.26. The molecule has 1 aromatic carbocycles. The standard InChI is InChI=1S/C15H22N2OS/c1-4-15(5-2,6-3)17-14(18)12-9-7-8-11(10-12)13(16)19/h7-10H,4-6H2,1-3H3,(H2,16,19)(H,17,18). The summed E-state index contributed by atoms with van der Waals surface area (Å²) in [5.41, 5.74) is 6.78. The van der Waals surface area contributed by atoms with Crippen LogP contribution in [0.25, 0.3) is 0 Å². The molecule has 19 heavy (non-hydrogen) atoms. The lowest BCUT2D eigenvalue weighted by Gasteiger charge is -2.31. The Morgan fingerprint density at radius 3 is 2.21 bits per heavy atom. The van der Waals surface area contributed by atoms with Crippen molar-refractivity contribution in [3.63, 3.8) is 0 Å². The molecular formula is C15H22N2OS. The number of benzene rings is 1. The minimum absolute atomic E-state index is 0.0661. The molecule has 0 radical (unpaired) electrons. The van der Waals surface area contributed by atoms with Gasteiger partial charge in [0.05, 0.1) is 0 Å². The van der Waals surface area contributed by atoms with Gasteiger partial charge in [-0.3, -0.25) is 4.79 Å². The topological polar surface area (TPSA) is 55.1 Å². The molecule has 0 aromatic heterocycles.